The lowest BCUT2D eigenvalue weighted by Gasteiger charge is -2.24. The van der Waals surface area contributed by atoms with Crippen molar-refractivity contribution in [3.63, 3.8) is 0 Å². The molecule has 0 saturated carbocycles. The SMILES string of the molecule is CC(C)C[C@H](NC(=O)c1cc2ccccc2o1)C(=O)N[C@@H](CCS(=O)[O-])C(=O)CNCc1ccccc1. The van der Waals surface area contributed by atoms with Crippen molar-refractivity contribution in [2.75, 3.05) is 12.3 Å². The lowest BCUT2D eigenvalue weighted by Crippen LogP contribution is -2.53. The Morgan fingerprint density at radius 2 is 1.68 bits per heavy atom. The number of nitrogens with one attached hydrogen (secondary N) is 3. The van der Waals surface area contributed by atoms with Crippen molar-refractivity contribution in [2.45, 2.75) is 45.3 Å². The molecule has 0 fully saturated rings. The van der Waals surface area contributed by atoms with E-state index >= 15 is 0 Å². The highest BCUT2D eigenvalue weighted by atomic mass is 32.2. The van der Waals surface area contributed by atoms with Crippen LogP contribution in [0.4, 0.5) is 0 Å². The number of fused-ring (bicyclic) bond motifs is 1. The summed E-state index contributed by atoms with van der Waals surface area (Å²) in [6, 6.07) is 16.3. The van der Waals surface area contributed by atoms with Gasteiger partial charge in [-0.25, -0.2) is 0 Å². The average molecular weight is 527 g/mol. The minimum Gasteiger partial charge on any atom is -0.772 e. The average Bonchev–Trinajstić information content (AvgIpc) is 3.31. The summed E-state index contributed by atoms with van der Waals surface area (Å²) < 4.78 is 27.9. The maximum Gasteiger partial charge on any atom is 0.287 e. The van der Waals surface area contributed by atoms with Gasteiger partial charge in [0.2, 0.25) is 5.91 Å². The number of carbonyl (C=O) groups is 3. The summed E-state index contributed by atoms with van der Waals surface area (Å²) in [6.45, 7) is 4.21. The standard InChI is InChI=1S/C27H33N3O6S/c1-18(2)14-22(30-27(33)25-15-20-10-6-7-11-24(20)36-25)26(32)29-21(12-13-37(34)35)23(31)17-28-16-19-8-4-3-5-9-19/h3-11,15,18,21-22,28H,12-14,16-17H2,1-2H3,(H,29,32)(H,30,33)(H,34,35)/p-1/t21-,22-/m0/s1. The van der Waals surface area contributed by atoms with Crippen LogP contribution < -0.4 is 16.0 Å². The maximum atomic E-state index is 13.2. The van der Waals surface area contributed by atoms with Gasteiger partial charge in [0.1, 0.15) is 11.6 Å². The van der Waals surface area contributed by atoms with Crippen LogP contribution in [0.1, 0.15) is 42.8 Å². The zero-order chi connectivity index (χ0) is 26.8. The molecule has 3 rings (SSSR count). The van der Waals surface area contributed by atoms with E-state index in [0.717, 1.165) is 10.9 Å². The molecule has 3 atom stereocenters. The van der Waals surface area contributed by atoms with Crippen LogP contribution in [0.5, 0.6) is 0 Å². The van der Waals surface area contributed by atoms with Gasteiger partial charge in [-0.15, -0.1) is 0 Å². The van der Waals surface area contributed by atoms with Crippen LogP contribution in [-0.4, -0.2) is 50.7 Å². The van der Waals surface area contributed by atoms with E-state index in [2.05, 4.69) is 16.0 Å². The van der Waals surface area contributed by atoms with E-state index in [1.54, 1.807) is 18.2 Å². The second-order valence-corrected chi connectivity index (χ2v) is 10.2. The van der Waals surface area contributed by atoms with Crippen LogP contribution in [0.25, 0.3) is 11.0 Å². The van der Waals surface area contributed by atoms with E-state index in [9.17, 15) is 23.1 Å². The molecule has 1 aromatic heterocycles. The number of furan rings is 1. The number of para-hydroxylation sites is 1. The van der Waals surface area contributed by atoms with Gasteiger partial charge in [-0.05, 0) is 36.5 Å². The topological polar surface area (TPSA) is 141 Å². The minimum atomic E-state index is -2.37. The molecule has 2 amide bonds. The van der Waals surface area contributed by atoms with Crippen LogP contribution in [0.15, 0.2) is 65.1 Å². The highest BCUT2D eigenvalue weighted by Gasteiger charge is 2.28. The molecular weight excluding hydrogens is 494 g/mol. The third kappa shape index (κ3) is 8.92. The number of rotatable bonds is 14. The number of hydrogen-bond donors (Lipinski definition) is 3. The van der Waals surface area contributed by atoms with Gasteiger partial charge < -0.3 is 24.9 Å². The summed E-state index contributed by atoms with van der Waals surface area (Å²) in [5.74, 6) is -1.61. The van der Waals surface area contributed by atoms with Crippen LogP contribution in [0.3, 0.4) is 0 Å². The van der Waals surface area contributed by atoms with Crippen LogP contribution in [0, 0.1) is 5.92 Å². The minimum absolute atomic E-state index is 0.0501. The van der Waals surface area contributed by atoms with Gasteiger partial charge >= 0.3 is 0 Å². The summed E-state index contributed by atoms with van der Waals surface area (Å²) in [7, 11) is 0. The van der Waals surface area contributed by atoms with E-state index in [-0.39, 0.29) is 36.2 Å². The highest BCUT2D eigenvalue weighted by Crippen LogP contribution is 2.19. The fourth-order valence-electron chi connectivity index (χ4n) is 3.88. The van der Waals surface area contributed by atoms with Gasteiger partial charge in [-0.2, -0.15) is 0 Å². The van der Waals surface area contributed by atoms with Gasteiger partial charge in [0, 0.05) is 17.7 Å². The molecule has 1 unspecified atom stereocenters. The molecule has 0 saturated heterocycles. The molecule has 9 nitrogen and oxygen atoms in total. The first-order valence-electron chi connectivity index (χ1n) is 12.2. The molecule has 37 heavy (non-hydrogen) atoms. The van der Waals surface area contributed by atoms with E-state index in [1.165, 1.54) is 0 Å². The van der Waals surface area contributed by atoms with Crippen molar-refractivity contribution < 1.29 is 27.6 Å². The first-order valence-corrected chi connectivity index (χ1v) is 13.4. The fraction of sp³-hybridized carbons (Fsp3) is 0.370. The fourth-order valence-corrected chi connectivity index (χ4v) is 4.30. The number of ketones is 1. The van der Waals surface area contributed by atoms with E-state index in [0.29, 0.717) is 18.5 Å². The van der Waals surface area contributed by atoms with Crippen molar-refractivity contribution in [1.29, 1.82) is 0 Å². The Morgan fingerprint density at radius 1 is 0.973 bits per heavy atom. The Kier molecular flexibility index (Phi) is 10.6. The Balaban J connectivity index is 1.66. The Hall–Kier alpha value is -3.34. The summed E-state index contributed by atoms with van der Waals surface area (Å²) in [5.41, 5.74) is 1.54. The van der Waals surface area contributed by atoms with Crippen LogP contribution >= 0.6 is 0 Å². The predicted molar refractivity (Wildman–Crippen MR) is 140 cm³/mol. The number of amides is 2. The number of benzene rings is 2. The molecular formula is C27H32N3O6S-. The Bertz CT molecular complexity index is 1190. The molecule has 3 aromatic rings. The van der Waals surface area contributed by atoms with Crippen LogP contribution in [0.2, 0.25) is 0 Å². The molecule has 10 heteroatoms. The molecule has 198 valence electrons. The lowest BCUT2D eigenvalue weighted by molar-refractivity contribution is -0.128. The summed E-state index contributed by atoms with van der Waals surface area (Å²) >= 11 is -2.37. The van der Waals surface area contributed by atoms with Gasteiger partial charge in [0.15, 0.2) is 11.5 Å². The van der Waals surface area contributed by atoms with Gasteiger partial charge in [-0.3, -0.25) is 18.6 Å². The quantitative estimate of drug-likeness (QED) is 0.274. The van der Waals surface area contributed by atoms with E-state index < -0.39 is 35.0 Å². The zero-order valence-electron chi connectivity index (χ0n) is 20.9. The molecule has 0 aliphatic carbocycles. The molecule has 0 bridgehead atoms. The molecule has 0 radical (unpaired) electrons. The largest absolute Gasteiger partial charge is 0.772 e. The Morgan fingerprint density at radius 3 is 2.35 bits per heavy atom. The first kappa shape index (κ1) is 28.2. The molecule has 0 spiro atoms. The molecule has 3 N–H and O–H groups in total. The lowest BCUT2D eigenvalue weighted by atomic mass is 10.0. The van der Waals surface area contributed by atoms with Crippen molar-refractivity contribution in [3.8, 4) is 0 Å². The van der Waals surface area contributed by atoms with Crippen molar-refractivity contribution in [3.05, 3.63) is 72.0 Å². The van der Waals surface area contributed by atoms with Crippen molar-refractivity contribution >= 4 is 39.6 Å². The zero-order valence-corrected chi connectivity index (χ0v) is 21.7. The summed E-state index contributed by atoms with van der Waals surface area (Å²) in [6.07, 6.45) is 0.248. The molecule has 1 heterocycles. The second-order valence-electron chi connectivity index (χ2n) is 9.22. The third-order valence-corrected chi connectivity index (χ3v) is 6.30. The summed E-state index contributed by atoms with van der Waals surface area (Å²) in [5, 5.41) is 9.16. The van der Waals surface area contributed by atoms with Gasteiger partial charge in [-0.1, -0.05) is 73.5 Å². The van der Waals surface area contributed by atoms with Crippen LogP contribution in [-0.2, 0) is 27.2 Å². The number of carbonyl (C=O) groups excluding carboxylic acids is 3. The van der Waals surface area contributed by atoms with E-state index in [1.807, 2.05) is 56.3 Å². The summed E-state index contributed by atoms with van der Waals surface area (Å²) in [4.78, 5) is 39.0. The Labute approximate surface area is 218 Å². The van der Waals surface area contributed by atoms with Crippen molar-refractivity contribution in [2.24, 2.45) is 5.92 Å². The van der Waals surface area contributed by atoms with Gasteiger partial charge in [0.05, 0.1) is 12.6 Å². The maximum absolute atomic E-state index is 13.2. The number of hydrogen-bond acceptors (Lipinski definition) is 7. The molecule has 0 aliphatic rings. The van der Waals surface area contributed by atoms with Gasteiger partial charge in [0.25, 0.3) is 5.91 Å². The monoisotopic (exact) mass is 526 g/mol. The van der Waals surface area contributed by atoms with E-state index in [4.69, 9.17) is 4.42 Å². The highest BCUT2D eigenvalue weighted by molar-refractivity contribution is 7.79. The second kappa shape index (κ2) is 13.8. The molecule has 2 aromatic carbocycles. The molecule has 0 aliphatic heterocycles. The smallest absolute Gasteiger partial charge is 0.287 e. The third-order valence-electron chi connectivity index (χ3n) is 5.73. The number of Topliss-reactive ketones (excluding diaryl/α,β-unsaturated/α-hetero) is 1. The first-order chi connectivity index (χ1) is 17.7. The predicted octanol–water partition coefficient (Wildman–Crippen LogP) is 2.69. The normalized spacial score (nSPS) is 13.7. The van der Waals surface area contributed by atoms with Crippen molar-refractivity contribution in [1.82, 2.24) is 16.0 Å².